The summed E-state index contributed by atoms with van der Waals surface area (Å²) in [5.74, 6) is 2.49. The Labute approximate surface area is 337 Å². The van der Waals surface area contributed by atoms with Crippen molar-refractivity contribution in [1.29, 1.82) is 0 Å². The van der Waals surface area contributed by atoms with Crippen LogP contribution >= 0.6 is 0 Å². The van der Waals surface area contributed by atoms with Crippen molar-refractivity contribution >= 4 is 22.4 Å². The SMILES string of the molecule is C1=C(c2cc(-c3ccccc3)nc(-c3ccc(-c4cccc5c4Oc4ccccc4C54c5ccccc5-c5ccccc54)cc3)n2)CCc2c1ccc1ccccc21. The summed E-state index contributed by atoms with van der Waals surface area (Å²) in [6.45, 7) is 0. The molecule has 0 amide bonds. The maximum Gasteiger partial charge on any atom is 0.160 e. The van der Waals surface area contributed by atoms with Gasteiger partial charge < -0.3 is 4.74 Å². The number of rotatable bonds is 4. The highest BCUT2D eigenvalue weighted by molar-refractivity contribution is 5.94. The first-order chi connectivity index (χ1) is 28.7. The highest BCUT2D eigenvalue weighted by Gasteiger charge is 2.51. The van der Waals surface area contributed by atoms with Gasteiger partial charge in [0.2, 0.25) is 0 Å². The number of allylic oxidation sites excluding steroid dienone is 1. The largest absolute Gasteiger partial charge is 0.456 e. The van der Waals surface area contributed by atoms with E-state index >= 15 is 0 Å². The molecule has 0 radical (unpaired) electrons. The van der Waals surface area contributed by atoms with Crippen molar-refractivity contribution in [3.8, 4) is 56.4 Å². The van der Waals surface area contributed by atoms with E-state index < -0.39 is 5.41 Å². The second kappa shape index (κ2) is 12.8. The number of nitrogens with zero attached hydrogens (tertiary/aromatic N) is 2. The third kappa shape index (κ3) is 4.86. The van der Waals surface area contributed by atoms with Crippen LogP contribution in [-0.2, 0) is 11.8 Å². The van der Waals surface area contributed by atoms with E-state index in [4.69, 9.17) is 14.7 Å². The molecule has 3 aliphatic rings. The van der Waals surface area contributed by atoms with Gasteiger partial charge in [-0.05, 0) is 86.3 Å². The van der Waals surface area contributed by atoms with Crippen molar-refractivity contribution in [2.24, 2.45) is 0 Å². The second-order valence-electron chi connectivity index (χ2n) is 15.6. The van der Waals surface area contributed by atoms with Crippen LogP contribution in [0.5, 0.6) is 11.5 Å². The molecule has 2 heterocycles. The highest BCUT2D eigenvalue weighted by atomic mass is 16.5. The minimum absolute atomic E-state index is 0.503. The Bertz CT molecular complexity index is 3100. The zero-order chi connectivity index (χ0) is 38.2. The van der Waals surface area contributed by atoms with Crippen LogP contribution in [0.1, 0.15) is 45.5 Å². The van der Waals surface area contributed by atoms with E-state index in [0.717, 1.165) is 63.5 Å². The van der Waals surface area contributed by atoms with E-state index in [9.17, 15) is 0 Å². The fraction of sp³-hybridized carbons (Fsp3) is 0.0545. The Morgan fingerprint density at radius 1 is 0.448 bits per heavy atom. The molecule has 1 aromatic heterocycles. The van der Waals surface area contributed by atoms with Crippen LogP contribution in [0.25, 0.3) is 67.3 Å². The molecule has 58 heavy (non-hydrogen) atoms. The van der Waals surface area contributed by atoms with Gasteiger partial charge in [-0.25, -0.2) is 9.97 Å². The summed E-state index contributed by atoms with van der Waals surface area (Å²) in [4.78, 5) is 10.5. The van der Waals surface area contributed by atoms with Crippen LogP contribution in [0, 0.1) is 0 Å². The number of ether oxygens (including phenoxy) is 1. The topological polar surface area (TPSA) is 35.0 Å². The average molecular weight is 741 g/mol. The number of fused-ring (bicyclic) bond motifs is 12. The van der Waals surface area contributed by atoms with Crippen molar-refractivity contribution < 1.29 is 4.74 Å². The fourth-order valence-corrected chi connectivity index (χ4v) is 9.89. The highest BCUT2D eigenvalue weighted by Crippen LogP contribution is 2.63. The number of hydrogen-bond acceptors (Lipinski definition) is 3. The molecule has 0 bridgehead atoms. The van der Waals surface area contributed by atoms with Crippen LogP contribution in [-0.4, -0.2) is 9.97 Å². The van der Waals surface area contributed by atoms with Gasteiger partial charge in [-0.15, -0.1) is 0 Å². The molecule has 0 saturated carbocycles. The predicted molar refractivity (Wildman–Crippen MR) is 236 cm³/mol. The molecule has 1 aliphatic heterocycles. The summed E-state index contributed by atoms with van der Waals surface area (Å²) < 4.78 is 6.96. The summed E-state index contributed by atoms with van der Waals surface area (Å²) in [6.07, 6.45) is 4.23. The number of para-hydroxylation sites is 2. The number of aryl methyl sites for hydroxylation is 1. The fourth-order valence-electron chi connectivity index (χ4n) is 9.89. The van der Waals surface area contributed by atoms with Gasteiger partial charge in [0, 0.05) is 27.8 Å². The second-order valence-corrected chi connectivity index (χ2v) is 15.6. The molecule has 8 aromatic carbocycles. The molecular formula is C55H36N2O. The third-order valence-electron chi connectivity index (χ3n) is 12.5. The molecule has 0 fully saturated rings. The van der Waals surface area contributed by atoms with Crippen LogP contribution in [0.2, 0.25) is 0 Å². The first-order valence-electron chi connectivity index (χ1n) is 20.1. The van der Waals surface area contributed by atoms with Crippen LogP contribution in [0.15, 0.2) is 188 Å². The Hall–Kier alpha value is -7.36. The molecule has 9 aromatic rings. The summed E-state index contributed by atoms with van der Waals surface area (Å²) in [5, 5.41) is 2.63. The first-order valence-corrected chi connectivity index (χ1v) is 20.1. The van der Waals surface area contributed by atoms with Gasteiger partial charge in [0.15, 0.2) is 5.82 Å². The minimum atomic E-state index is -0.503. The first kappa shape index (κ1) is 32.8. The number of hydrogen-bond donors (Lipinski definition) is 0. The number of benzene rings is 8. The van der Waals surface area contributed by atoms with E-state index in [1.54, 1.807) is 0 Å². The zero-order valence-electron chi connectivity index (χ0n) is 31.7. The Balaban J connectivity index is 0.978. The molecular weight excluding hydrogens is 705 g/mol. The van der Waals surface area contributed by atoms with Crippen molar-refractivity contribution in [3.63, 3.8) is 0 Å². The van der Waals surface area contributed by atoms with E-state index in [1.165, 1.54) is 55.3 Å². The standard InChI is InChI=1S/C55H36N2O/c1-2-14-37(15-3-1)50-34-51(40-31-32-42-39(33-40)30-27-35-13-4-5-16-41(35)42)57-54(56-50)38-28-25-36(26-29-38)43-19-12-23-49-53(43)58-52-24-11-10-22-48(52)55(49)46-20-8-6-17-44(46)45-18-7-9-21-47(45)55/h1-30,33-34H,31-32H2. The van der Waals surface area contributed by atoms with Gasteiger partial charge in [0.05, 0.1) is 16.8 Å². The van der Waals surface area contributed by atoms with Gasteiger partial charge >= 0.3 is 0 Å². The van der Waals surface area contributed by atoms with Gasteiger partial charge in [0.25, 0.3) is 0 Å². The summed E-state index contributed by atoms with van der Waals surface area (Å²) in [7, 11) is 0. The Morgan fingerprint density at radius 3 is 1.90 bits per heavy atom. The monoisotopic (exact) mass is 740 g/mol. The normalized spacial score (nSPS) is 14.1. The lowest BCUT2D eigenvalue weighted by Crippen LogP contribution is -2.32. The summed E-state index contributed by atoms with van der Waals surface area (Å²) in [6, 6.07) is 67.4. The molecule has 0 atom stereocenters. The van der Waals surface area contributed by atoms with E-state index in [-0.39, 0.29) is 0 Å². The quantitative estimate of drug-likeness (QED) is 0.180. The predicted octanol–water partition coefficient (Wildman–Crippen LogP) is 13.6. The van der Waals surface area contributed by atoms with Crippen molar-refractivity contribution in [2.75, 3.05) is 0 Å². The molecule has 1 spiro atoms. The smallest absolute Gasteiger partial charge is 0.160 e. The molecule has 272 valence electrons. The molecule has 0 saturated heterocycles. The van der Waals surface area contributed by atoms with Gasteiger partial charge in [-0.3, -0.25) is 0 Å². The maximum absolute atomic E-state index is 6.96. The number of aromatic nitrogens is 2. The summed E-state index contributed by atoms with van der Waals surface area (Å²) in [5.41, 5.74) is 16.9. The lowest BCUT2D eigenvalue weighted by Gasteiger charge is -2.40. The lowest BCUT2D eigenvalue weighted by atomic mass is 9.65. The minimum Gasteiger partial charge on any atom is -0.456 e. The van der Waals surface area contributed by atoms with Crippen LogP contribution in [0.3, 0.4) is 0 Å². The van der Waals surface area contributed by atoms with Crippen molar-refractivity contribution in [3.05, 3.63) is 227 Å². The molecule has 3 nitrogen and oxygen atoms in total. The average Bonchev–Trinajstić information content (AvgIpc) is 3.59. The molecule has 0 N–H and O–H groups in total. The maximum atomic E-state index is 6.96. The lowest BCUT2D eigenvalue weighted by molar-refractivity contribution is 0.438. The third-order valence-corrected chi connectivity index (χ3v) is 12.5. The van der Waals surface area contributed by atoms with E-state index in [0.29, 0.717) is 5.82 Å². The van der Waals surface area contributed by atoms with Crippen LogP contribution < -0.4 is 4.74 Å². The van der Waals surface area contributed by atoms with Crippen molar-refractivity contribution in [2.45, 2.75) is 18.3 Å². The Morgan fingerprint density at radius 2 is 1.09 bits per heavy atom. The van der Waals surface area contributed by atoms with E-state index in [1.807, 2.05) is 6.07 Å². The van der Waals surface area contributed by atoms with Gasteiger partial charge in [0.1, 0.15) is 11.5 Å². The molecule has 2 aliphatic carbocycles. The van der Waals surface area contributed by atoms with Gasteiger partial charge in [-0.2, -0.15) is 0 Å². The van der Waals surface area contributed by atoms with Crippen molar-refractivity contribution in [1.82, 2.24) is 9.97 Å². The zero-order valence-corrected chi connectivity index (χ0v) is 31.7. The van der Waals surface area contributed by atoms with E-state index in [2.05, 4.69) is 188 Å². The molecule has 3 heteroatoms. The molecule has 0 unspecified atom stereocenters. The molecule has 12 rings (SSSR count). The summed E-state index contributed by atoms with van der Waals surface area (Å²) >= 11 is 0. The van der Waals surface area contributed by atoms with Crippen LogP contribution in [0.4, 0.5) is 0 Å². The Kier molecular flexibility index (Phi) is 7.27. The van der Waals surface area contributed by atoms with Gasteiger partial charge in [-0.1, -0.05) is 176 Å².